The van der Waals surface area contributed by atoms with Crippen LogP contribution in [-0.4, -0.2) is 4.57 Å². The van der Waals surface area contributed by atoms with Crippen LogP contribution in [0.3, 0.4) is 0 Å². The van der Waals surface area contributed by atoms with Gasteiger partial charge in [0.2, 0.25) is 6.33 Å². The molecule has 0 fully saturated rings. The maximum absolute atomic E-state index is 2.00. The van der Waals surface area contributed by atoms with Crippen LogP contribution in [-0.2, 0) is 36.5 Å². The zero-order valence-electron chi connectivity index (χ0n) is 5.31. The van der Waals surface area contributed by atoms with Crippen LogP contribution in [0.5, 0.6) is 0 Å². The van der Waals surface area contributed by atoms with Gasteiger partial charge in [-0.15, -0.1) is 0 Å². The van der Waals surface area contributed by atoms with Crippen molar-refractivity contribution in [3.8, 4) is 0 Å². The van der Waals surface area contributed by atoms with Crippen molar-refractivity contribution >= 4 is 0 Å². The van der Waals surface area contributed by atoms with E-state index < -0.39 is 0 Å². The molecule has 0 N–H and O–H groups in total. The Balaban J connectivity index is 0. The normalized spacial score (nSPS) is 7.33. The van der Waals surface area contributed by atoms with Gasteiger partial charge in [0.25, 0.3) is 0 Å². The zero-order valence-corrected chi connectivity index (χ0v) is 8.23. The summed E-state index contributed by atoms with van der Waals surface area (Å²) in [4.78, 5) is 0. The second-order valence-corrected chi connectivity index (χ2v) is 1.74. The summed E-state index contributed by atoms with van der Waals surface area (Å²) in [6.07, 6.45) is 6.00. The van der Waals surface area contributed by atoms with Crippen molar-refractivity contribution in [1.29, 1.82) is 0 Å². The molecule has 0 aliphatic heterocycles. The summed E-state index contributed by atoms with van der Waals surface area (Å²) >= 11 is 0. The van der Waals surface area contributed by atoms with E-state index in [4.69, 9.17) is 0 Å². The first kappa shape index (κ1) is 12.0. The molecular weight excluding hydrogens is 320 g/mol. The molecule has 0 aromatic carbocycles. The second kappa shape index (κ2) is 5.06. The summed E-state index contributed by atoms with van der Waals surface area (Å²) < 4.78 is 4.00. The van der Waals surface area contributed by atoms with Crippen LogP contribution in [0, 0.1) is 0 Å². The summed E-state index contributed by atoms with van der Waals surface area (Å²) in [5.41, 5.74) is 0. The molecule has 0 radical (unpaired) electrons. The van der Waals surface area contributed by atoms with Crippen LogP contribution < -0.4 is 17.0 Å². The Morgan fingerprint density at radius 3 is 2.11 bits per heavy atom. The Morgan fingerprint density at radius 2 is 2.00 bits per heavy atom. The first-order valence-electron chi connectivity index (χ1n) is 2.26. The maximum Gasteiger partial charge on any atom is 1.00 e. The molecule has 1 aromatic rings. The number of aromatic nitrogens is 2. The minimum atomic E-state index is 0. The third kappa shape index (κ3) is 3.76. The largest absolute Gasteiger partial charge is 1.00 e. The number of hydrogen-bond donors (Lipinski definition) is 0. The van der Waals surface area contributed by atoms with Gasteiger partial charge in [0.05, 0.1) is 14.1 Å². The van der Waals surface area contributed by atoms with E-state index in [0.29, 0.717) is 0 Å². The first-order chi connectivity index (χ1) is 3.29. The molecule has 56 valence electrons. The van der Waals surface area contributed by atoms with Crippen LogP contribution >= 0.6 is 0 Å². The van der Waals surface area contributed by atoms with Crippen molar-refractivity contribution in [3.63, 3.8) is 0 Å². The van der Waals surface area contributed by atoms with Crippen molar-refractivity contribution in [2.75, 3.05) is 0 Å². The molecule has 0 atom stereocenters. The monoisotopic (exact) mass is 329 g/mol. The Hall–Kier alpha value is 0.240. The van der Waals surface area contributed by atoms with Crippen molar-refractivity contribution in [2.45, 2.75) is 0 Å². The minimum Gasteiger partial charge on any atom is -1.00 e. The Labute approximate surface area is 76.8 Å². The van der Waals surface area contributed by atoms with Gasteiger partial charge in [-0.1, -0.05) is 0 Å². The zero-order chi connectivity index (χ0) is 5.28. The second-order valence-electron chi connectivity index (χ2n) is 1.74. The maximum atomic E-state index is 2.00. The smallest absolute Gasteiger partial charge is 1.00 e. The molecule has 0 amide bonds. The molecule has 0 aliphatic carbocycles. The molecule has 0 unspecified atom stereocenters. The predicted molar refractivity (Wildman–Crippen MR) is 26.6 cm³/mol. The SMILES string of the molecule is Cn1cc[n+](C)c1.[Au+].[Cl-]. The Kier molecular flexibility index (Phi) is 6.73. The molecule has 1 rings (SSSR count). The van der Waals surface area contributed by atoms with E-state index in [1.54, 1.807) is 0 Å². The first-order valence-corrected chi connectivity index (χ1v) is 2.26. The van der Waals surface area contributed by atoms with Gasteiger partial charge in [-0.25, -0.2) is 9.13 Å². The van der Waals surface area contributed by atoms with Crippen molar-refractivity contribution in [2.24, 2.45) is 14.1 Å². The number of halogens is 1. The summed E-state index contributed by atoms with van der Waals surface area (Å²) in [7, 11) is 4.00. The van der Waals surface area contributed by atoms with E-state index in [2.05, 4.69) is 0 Å². The van der Waals surface area contributed by atoms with Gasteiger partial charge in [-0.3, -0.25) is 0 Å². The van der Waals surface area contributed by atoms with Gasteiger partial charge in [0.1, 0.15) is 12.4 Å². The fourth-order valence-electron chi connectivity index (χ4n) is 0.575. The van der Waals surface area contributed by atoms with E-state index in [-0.39, 0.29) is 34.8 Å². The topological polar surface area (TPSA) is 8.81 Å². The molecule has 2 nitrogen and oxygen atoms in total. The average Bonchev–Trinajstić information content (AvgIpc) is 1.87. The Morgan fingerprint density at radius 1 is 1.44 bits per heavy atom. The average molecular weight is 330 g/mol. The van der Waals surface area contributed by atoms with Crippen LogP contribution in [0.1, 0.15) is 0 Å². The van der Waals surface area contributed by atoms with Gasteiger partial charge in [0.15, 0.2) is 0 Å². The van der Waals surface area contributed by atoms with Gasteiger partial charge in [0, 0.05) is 0 Å². The van der Waals surface area contributed by atoms with Gasteiger partial charge >= 0.3 is 22.4 Å². The number of imidazole rings is 1. The summed E-state index contributed by atoms with van der Waals surface area (Å²) in [6.45, 7) is 0. The third-order valence-electron chi connectivity index (χ3n) is 0.901. The molecule has 1 heterocycles. The number of hydrogen-bond acceptors (Lipinski definition) is 0. The molecule has 0 saturated heterocycles. The van der Waals surface area contributed by atoms with Crippen LogP contribution in [0.15, 0.2) is 18.7 Å². The van der Waals surface area contributed by atoms with Gasteiger partial charge < -0.3 is 12.4 Å². The third-order valence-corrected chi connectivity index (χ3v) is 0.901. The molecule has 4 heteroatoms. The standard InChI is InChI=1S/C5H9N2.Au.ClH/c1-6-3-4-7(2)5-6;;/h3-5H,1-2H3;;1H/q2*+1;/p-1. The summed E-state index contributed by atoms with van der Waals surface area (Å²) in [5.74, 6) is 0. The van der Waals surface area contributed by atoms with Crippen molar-refractivity contribution in [1.82, 2.24) is 4.57 Å². The van der Waals surface area contributed by atoms with Gasteiger partial charge in [-0.05, 0) is 0 Å². The fourth-order valence-corrected chi connectivity index (χ4v) is 0.575. The van der Waals surface area contributed by atoms with E-state index in [1.165, 1.54) is 0 Å². The van der Waals surface area contributed by atoms with E-state index in [9.17, 15) is 0 Å². The number of nitrogens with zero attached hydrogens (tertiary/aromatic N) is 2. The van der Waals surface area contributed by atoms with Crippen LogP contribution in [0.25, 0.3) is 0 Å². The quantitative estimate of drug-likeness (QED) is 0.351. The van der Waals surface area contributed by atoms with E-state index >= 15 is 0 Å². The molecule has 0 saturated carbocycles. The fraction of sp³-hybridized carbons (Fsp3) is 0.400. The van der Waals surface area contributed by atoms with Crippen molar-refractivity contribution in [3.05, 3.63) is 18.7 Å². The molecule has 0 aliphatic rings. The molecule has 0 bridgehead atoms. The molecule has 9 heavy (non-hydrogen) atoms. The number of rotatable bonds is 0. The van der Waals surface area contributed by atoms with Crippen molar-refractivity contribution < 1.29 is 39.4 Å². The molecule has 1 aromatic heterocycles. The van der Waals surface area contributed by atoms with Gasteiger partial charge in [-0.2, -0.15) is 0 Å². The molecule has 0 spiro atoms. The Bertz CT molecular complexity index is 147. The minimum absolute atomic E-state index is 0. The predicted octanol–water partition coefficient (Wildman–Crippen LogP) is -3.15. The van der Waals surface area contributed by atoms with Crippen LogP contribution in [0.2, 0.25) is 0 Å². The summed E-state index contributed by atoms with van der Waals surface area (Å²) in [6, 6.07) is 0. The molecular formula is C5H9AuClN2+. The summed E-state index contributed by atoms with van der Waals surface area (Å²) in [5, 5.41) is 0. The van der Waals surface area contributed by atoms with E-state index in [0.717, 1.165) is 0 Å². The number of aryl methyl sites for hydroxylation is 2. The van der Waals surface area contributed by atoms with E-state index in [1.807, 2.05) is 42.0 Å². The van der Waals surface area contributed by atoms with Crippen LogP contribution in [0.4, 0.5) is 0 Å².